The Hall–Kier alpha value is -1.58. The van der Waals surface area contributed by atoms with Crippen LogP contribution in [-0.2, 0) is 16.8 Å². The zero-order valence-corrected chi connectivity index (χ0v) is 13.3. The number of ether oxygens (including phenoxy) is 1. The highest BCUT2D eigenvalue weighted by Crippen LogP contribution is 2.37. The highest BCUT2D eigenvalue weighted by molar-refractivity contribution is 5.15. The first-order valence-corrected chi connectivity index (χ1v) is 8.27. The maximum atomic E-state index is 6.11. The Balaban J connectivity index is 1.56. The number of furan rings is 1. The molecule has 1 aromatic heterocycles. The minimum absolute atomic E-state index is 0.221. The van der Waals surface area contributed by atoms with Gasteiger partial charge in [0.2, 0.25) is 0 Å². The van der Waals surface area contributed by atoms with E-state index in [0.717, 1.165) is 51.3 Å². The fraction of sp³-hybridized carbons (Fsp3) is 0.474. The molecule has 3 heteroatoms. The summed E-state index contributed by atoms with van der Waals surface area (Å²) in [4.78, 5) is 2.53. The smallest absolute Gasteiger partial charge is 0.135 e. The molecule has 1 aliphatic heterocycles. The fourth-order valence-electron chi connectivity index (χ4n) is 3.35. The van der Waals surface area contributed by atoms with Crippen molar-refractivity contribution in [2.45, 2.75) is 31.8 Å². The van der Waals surface area contributed by atoms with Crippen molar-refractivity contribution in [3.63, 3.8) is 0 Å². The second-order valence-corrected chi connectivity index (χ2v) is 5.98. The number of hydrogen-bond donors (Lipinski definition) is 0. The molecule has 118 valence electrons. The van der Waals surface area contributed by atoms with Gasteiger partial charge in [0, 0.05) is 26.2 Å². The van der Waals surface area contributed by atoms with Crippen LogP contribution < -0.4 is 0 Å². The summed E-state index contributed by atoms with van der Waals surface area (Å²) in [5.41, 5.74) is 1.19. The predicted molar refractivity (Wildman–Crippen MR) is 87.8 cm³/mol. The van der Waals surface area contributed by atoms with Gasteiger partial charge in [-0.15, -0.1) is 0 Å². The van der Waals surface area contributed by atoms with Gasteiger partial charge in [0.25, 0.3) is 0 Å². The first-order valence-electron chi connectivity index (χ1n) is 8.27. The second kappa shape index (κ2) is 7.12. The van der Waals surface area contributed by atoms with E-state index < -0.39 is 0 Å². The second-order valence-electron chi connectivity index (χ2n) is 5.98. The Morgan fingerprint density at radius 2 is 1.86 bits per heavy atom. The molecule has 1 saturated heterocycles. The normalized spacial score (nSPS) is 18.4. The minimum atomic E-state index is -0.221. The lowest BCUT2D eigenvalue weighted by Crippen LogP contribution is -2.44. The van der Waals surface area contributed by atoms with Gasteiger partial charge in [-0.1, -0.05) is 30.3 Å². The quantitative estimate of drug-likeness (QED) is 0.810. The molecule has 0 aliphatic carbocycles. The van der Waals surface area contributed by atoms with Crippen molar-refractivity contribution < 1.29 is 9.15 Å². The van der Waals surface area contributed by atoms with Crippen LogP contribution in [0.4, 0.5) is 0 Å². The van der Waals surface area contributed by atoms with Gasteiger partial charge in [0.1, 0.15) is 11.4 Å². The molecule has 0 unspecified atom stereocenters. The summed E-state index contributed by atoms with van der Waals surface area (Å²) in [5, 5.41) is 0. The molecule has 1 fully saturated rings. The number of likely N-dealkylation sites (tertiary alicyclic amines) is 1. The minimum Gasteiger partial charge on any atom is -0.466 e. The SMILES string of the molecule is CCOC1(c2ccco2)CCN(CCc2ccccc2)CC1. The van der Waals surface area contributed by atoms with E-state index in [4.69, 9.17) is 9.15 Å². The van der Waals surface area contributed by atoms with E-state index in [1.165, 1.54) is 5.56 Å². The Labute approximate surface area is 132 Å². The van der Waals surface area contributed by atoms with E-state index >= 15 is 0 Å². The Bertz CT molecular complexity index is 542. The summed E-state index contributed by atoms with van der Waals surface area (Å²) in [6, 6.07) is 14.7. The summed E-state index contributed by atoms with van der Waals surface area (Å²) in [6.07, 6.45) is 4.87. The lowest BCUT2D eigenvalue weighted by molar-refractivity contribution is -0.0975. The molecular weight excluding hydrogens is 274 g/mol. The molecule has 0 N–H and O–H groups in total. The molecule has 0 atom stereocenters. The van der Waals surface area contributed by atoms with Crippen molar-refractivity contribution >= 4 is 0 Å². The van der Waals surface area contributed by atoms with Gasteiger partial charge >= 0.3 is 0 Å². The van der Waals surface area contributed by atoms with E-state index in [0.29, 0.717) is 0 Å². The van der Waals surface area contributed by atoms with Gasteiger partial charge in [0.15, 0.2) is 0 Å². The average Bonchev–Trinajstić information content (AvgIpc) is 3.11. The van der Waals surface area contributed by atoms with Crippen LogP contribution in [0.5, 0.6) is 0 Å². The van der Waals surface area contributed by atoms with Crippen molar-refractivity contribution in [2.75, 3.05) is 26.2 Å². The highest BCUT2D eigenvalue weighted by atomic mass is 16.5. The molecule has 2 aromatic rings. The van der Waals surface area contributed by atoms with Gasteiger partial charge in [-0.05, 0) is 43.9 Å². The molecule has 3 nitrogen and oxygen atoms in total. The zero-order chi connectivity index (χ0) is 15.3. The lowest BCUT2D eigenvalue weighted by Gasteiger charge is -2.40. The third-order valence-corrected chi connectivity index (χ3v) is 4.61. The van der Waals surface area contributed by atoms with Crippen molar-refractivity contribution in [1.82, 2.24) is 4.90 Å². The third-order valence-electron chi connectivity index (χ3n) is 4.61. The van der Waals surface area contributed by atoms with E-state index in [-0.39, 0.29) is 5.60 Å². The van der Waals surface area contributed by atoms with Crippen LogP contribution in [0.2, 0.25) is 0 Å². The molecule has 0 bridgehead atoms. The summed E-state index contributed by atoms with van der Waals surface area (Å²) in [6.45, 7) is 6.03. The van der Waals surface area contributed by atoms with Gasteiger partial charge < -0.3 is 14.1 Å². The van der Waals surface area contributed by atoms with Crippen molar-refractivity contribution in [1.29, 1.82) is 0 Å². The van der Waals surface area contributed by atoms with Crippen LogP contribution in [0.3, 0.4) is 0 Å². The number of benzene rings is 1. The largest absolute Gasteiger partial charge is 0.466 e. The monoisotopic (exact) mass is 299 g/mol. The molecule has 1 aliphatic rings. The lowest BCUT2D eigenvalue weighted by atomic mass is 9.88. The maximum absolute atomic E-state index is 6.11. The molecule has 1 aromatic carbocycles. The van der Waals surface area contributed by atoms with Crippen LogP contribution >= 0.6 is 0 Å². The number of nitrogens with zero attached hydrogens (tertiary/aromatic N) is 1. The predicted octanol–water partition coefficient (Wildman–Crippen LogP) is 3.85. The van der Waals surface area contributed by atoms with Crippen LogP contribution in [0.1, 0.15) is 31.1 Å². The maximum Gasteiger partial charge on any atom is 0.135 e. The highest BCUT2D eigenvalue weighted by Gasteiger charge is 2.39. The average molecular weight is 299 g/mol. The van der Waals surface area contributed by atoms with Gasteiger partial charge in [-0.25, -0.2) is 0 Å². The number of rotatable bonds is 6. The Morgan fingerprint density at radius 3 is 2.50 bits per heavy atom. The fourth-order valence-corrected chi connectivity index (χ4v) is 3.35. The summed E-state index contributed by atoms with van der Waals surface area (Å²) in [5.74, 6) is 0.983. The number of piperidine rings is 1. The summed E-state index contributed by atoms with van der Waals surface area (Å²) < 4.78 is 11.8. The summed E-state index contributed by atoms with van der Waals surface area (Å²) >= 11 is 0. The van der Waals surface area contributed by atoms with Gasteiger partial charge in [-0.3, -0.25) is 0 Å². The Kier molecular flexibility index (Phi) is 4.96. The zero-order valence-electron chi connectivity index (χ0n) is 13.3. The van der Waals surface area contributed by atoms with E-state index in [9.17, 15) is 0 Å². The van der Waals surface area contributed by atoms with Crippen LogP contribution in [-0.4, -0.2) is 31.1 Å². The standard InChI is InChI=1S/C19H25NO2/c1-2-22-19(18-9-6-16-21-18)11-14-20(15-12-19)13-10-17-7-4-3-5-8-17/h3-9,16H,2,10-15H2,1H3. The van der Waals surface area contributed by atoms with Gasteiger partial charge in [-0.2, -0.15) is 0 Å². The van der Waals surface area contributed by atoms with Crippen molar-refractivity contribution in [3.05, 3.63) is 60.1 Å². The molecule has 0 saturated carbocycles. The third kappa shape index (κ3) is 3.42. The van der Waals surface area contributed by atoms with Crippen LogP contribution in [0, 0.1) is 0 Å². The molecular formula is C19H25NO2. The summed E-state index contributed by atoms with van der Waals surface area (Å²) in [7, 11) is 0. The van der Waals surface area contributed by atoms with Crippen molar-refractivity contribution in [2.24, 2.45) is 0 Å². The topological polar surface area (TPSA) is 25.6 Å². The number of hydrogen-bond acceptors (Lipinski definition) is 3. The molecule has 0 radical (unpaired) electrons. The molecule has 0 spiro atoms. The molecule has 0 amide bonds. The van der Waals surface area contributed by atoms with Crippen LogP contribution in [0.15, 0.2) is 53.1 Å². The van der Waals surface area contributed by atoms with Gasteiger partial charge in [0.05, 0.1) is 6.26 Å². The first-order chi connectivity index (χ1) is 10.8. The van der Waals surface area contributed by atoms with E-state index in [2.05, 4.69) is 48.2 Å². The van der Waals surface area contributed by atoms with Crippen LogP contribution in [0.25, 0.3) is 0 Å². The van der Waals surface area contributed by atoms with Crippen molar-refractivity contribution in [3.8, 4) is 0 Å². The van der Waals surface area contributed by atoms with E-state index in [1.54, 1.807) is 6.26 Å². The van der Waals surface area contributed by atoms with E-state index in [1.807, 2.05) is 6.07 Å². The Morgan fingerprint density at radius 1 is 1.09 bits per heavy atom. The molecule has 22 heavy (non-hydrogen) atoms. The first kappa shape index (κ1) is 15.3. The molecule has 2 heterocycles. The molecule has 3 rings (SSSR count).